The number of benzene rings is 1. The summed E-state index contributed by atoms with van der Waals surface area (Å²) in [5.74, 6) is 2.10. The highest BCUT2D eigenvalue weighted by atomic mass is 32.1. The van der Waals surface area contributed by atoms with Crippen LogP contribution in [0.5, 0.6) is 5.75 Å². The molecular formula is C21H24N4O3S. The molecule has 1 amide bonds. The first kappa shape index (κ1) is 19.6. The summed E-state index contributed by atoms with van der Waals surface area (Å²) < 4.78 is 10.6. The molecule has 2 aromatic heterocycles. The first-order chi connectivity index (χ1) is 14.2. The number of carbonyl (C=O) groups is 1. The number of amides is 1. The smallest absolute Gasteiger partial charge is 0.264 e. The SMILES string of the molecule is CCc1ccsc1C(=O)N1CCN(Cc2nc(-c3ccc(OC)cc3)no2)CC1. The van der Waals surface area contributed by atoms with Crippen LogP contribution in [0.25, 0.3) is 11.4 Å². The average Bonchev–Trinajstić information content (AvgIpc) is 3.43. The van der Waals surface area contributed by atoms with Crippen LogP contribution < -0.4 is 4.74 Å². The lowest BCUT2D eigenvalue weighted by atomic mass is 10.2. The Labute approximate surface area is 173 Å². The van der Waals surface area contributed by atoms with E-state index in [0.717, 1.165) is 41.3 Å². The average molecular weight is 413 g/mol. The van der Waals surface area contributed by atoms with Gasteiger partial charge in [0.05, 0.1) is 18.5 Å². The molecule has 4 rings (SSSR count). The largest absolute Gasteiger partial charge is 0.497 e. The van der Waals surface area contributed by atoms with Gasteiger partial charge in [-0.15, -0.1) is 11.3 Å². The molecule has 0 unspecified atom stereocenters. The molecule has 1 fully saturated rings. The zero-order valence-corrected chi connectivity index (χ0v) is 17.4. The van der Waals surface area contributed by atoms with E-state index in [4.69, 9.17) is 9.26 Å². The standard InChI is InChI=1S/C21H24N4O3S/c1-3-15-8-13-29-19(15)21(26)25-11-9-24(10-12-25)14-18-22-20(23-28-18)16-4-6-17(27-2)7-5-16/h4-8,13H,3,9-12,14H2,1-2H3. The van der Waals surface area contributed by atoms with Crippen molar-refractivity contribution in [1.29, 1.82) is 0 Å². The number of rotatable bonds is 6. The number of thiophene rings is 1. The van der Waals surface area contributed by atoms with Gasteiger partial charge >= 0.3 is 0 Å². The van der Waals surface area contributed by atoms with Crippen LogP contribution in [0.2, 0.25) is 0 Å². The van der Waals surface area contributed by atoms with Crippen molar-refractivity contribution in [3.63, 3.8) is 0 Å². The van der Waals surface area contributed by atoms with Gasteiger partial charge in [0.2, 0.25) is 11.7 Å². The molecule has 7 nitrogen and oxygen atoms in total. The van der Waals surface area contributed by atoms with E-state index < -0.39 is 0 Å². The van der Waals surface area contributed by atoms with E-state index in [1.165, 1.54) is 11.3 Å². The van der Waals surface area contributed by atoms with Gasteiger partial charge in [-0.05, 0) is 47.7 Å². The third-order valence-corrected chi connectivity index (χ3v) is 6.10. The van der Waals surface area contributed by atoms with Gasteiger partial charge in [-0.2, -0.15) is 4.98 Å². The van der Waals surface area contributed by atoms with Crippen LogP contribution in [0.1, 0.15) is 28.0 Å². The first-order valence-corrected chi connectivity index (χ1v) is 10.6. The topological polar surface area (TPSA) is 71.7 Å². The predicted molar refractivity (Wildman–Crippen MR) is 111 cm³/mol. The van der Waals surface area contributed by atoms with Crippen LogP contribution >= 0.6 is 11.3 Å². The fourth-order valence-corrected chi connectivity index (χ4v) is 4.38. The van der Waals surface area contributed by atoms with Crippen molar-refractivity contribution in [1.82, 2.24) is 19.9 Å². The molecule has 0 saturated carbocycles. The van der Waals surface area contributed by atoms with Gasteiger partial charge in [0.1, 0.15) is 5.75 Å². The van der Waals surface area contributed by atoms with Crippen LogP contribution in [0.3, 0.4) is 0 Å². The van der Waals surface area contributed by atoms with Gasteiger partial charge in [-0.3, -0.25) is 9.69 Å². The van der Waals surface area contributed by atoms with Crippen LogP contribution in [-0.4, -0.2) is 59.1 Å². The van der Waals surface area contributed by atoms with E-state index in [9.17, 15) is 4.79 Å². The van der Waals surface area contributed by atoms with Gasteiger partial charge in [-0.25, -0.2) is 0 Å². The van der Waals surface area contributed by atoms with E-state index in [0.29, 0.717) is 31.3 Å². The number of aromatic nitrogens is 2. The Morgan fingerprint density at radius 2 is 1.93 bits per heavy atom. The normalized spacial score (nSPS) is 14.9. The predicted octanol–water partition coefficient (Wildman–Crippen LogP) is 3.33. The fraction of sp³-hybridized carbons (Fsp3) is 0.381. The minimum Gasteiger partial charge on any atom is -0.497 e. The summed E-state index contributed by atoms with van der Waals surface area (Å²) in [5, 5.41) is 6.09. The Balaban J connectivity index is 1.33. The summed E-state index contributed by atoms with van der Waals surface area (Å²) in [4.78, 5) is 22.3. The number of ether oxygens (including phenoxy) is 1. The van der Waals surface area contributed by atoms with E-state index >= 15 is 0 Å². The minimum atomic E-state index is 0.149. The second-order valence-corrected chi connectivity index (χ2v) is 7.85. The molecule has 0 spiro atoms. The zero-order valence-electron chi connectivity index (χ0n) is 16.6. The molecule has 3 heterocycles. The molecule has 0 radical (unpaired) electrons. The number of hydrogen-bond donors (Lipinski definition) is 0. The molecule has 0 N–H and O–H groups in total. The Bertz CT molecular complexity index is 958. The molecule has 1 aliphatic rings. The van der Waals surface area contributed by atoms with Gasteiger partial charge < -0.3 is 14.2 Å². The first-order valence-electron chi connectivity index (χ1n) is 9.73. The number of methoxy groups -OCH3 is 1. The number of hydrogen-bond acceptors (Lipinski definition) is 7. The quantitative estimate of drug-likeness (QED) is 0.618. The van der Waals surface area contributed by atoms with Gasteiger partial charge in [0.25, 0.3) is 5.91 Å². The minimum absolute atomic E-state index is 0.149. The number of carbonyl (C=O) groups excluding carboxylic acids is 1. The van der Waals surface area contributed by atoms with E-state index in [1.807, 2.05) is 40.6 Å². The summed E-state index contributed by atoms with van der Waals surface area (Å²) in [6.07, 6.45) is 0.887. The molecule has 0 bridgehead atoms. The summed E-state index contributed by atoms with van der Waals surface area (Å²) in [6.45, 7) is 5.67. The third kappa shape index (κ3) is 4.33. The van der Waals surface area contributed by atoms with Crippen LogP contribution in [0.4, 0.5) is 0 Å². The molecule has 29 heavy (non-hydrogen) atoms. The van der Waals surface area contributed by atoms with Crippen LogP contribution in [-0.2, 0) is 13.0 Å². The van der Waals surface area contributed by atoms with E-state index in [2.05, 4.69) is 22.0 Å². The zero-order chi connectivity index (χ0) is 20.2. The molecule has 1 saturated heterocycles. The molecule has 3 aromatic rings. The van der Waals surface area contributed by atoms with Crippen molar-refractivity contribution < 1.29 is 14.1 Å². The molecule has 152 valence electrons. The maximum Gasteiger partial charge on any atom is 0.264 e. The second kappa shape index (κ2) is 8.75. The summed E-state index contributed by atoms with van der Waals surface area (Å²) in [6, 6.07) is 9.61. The molecule has 8 heteroatoms. The Hall–Kier alpha value is -2.71. The summed E-state index contributed by atoms with van der Waals surface area (Å²) in [5.41, 5.74) is 2.03. The Morgan fingerprint density at radius 3 is 2.62 bits per heavy atom. The lowest BCUT2D eigenvalue weighted by Gasteiger charge is -2.33. The molecule has 0 atom stereocenters. The monoisotopic (exact) mass is 412 g/mol. The number of aryl methyl sites for hydroxylation is 1. The summed E-state index contributed by atoms with van der Waals surface area (Å²) >= 11 is 1.54. The van der Waals surface area contributed by atoms with Crippen molar-refractivity contribution >= 4 is 17.2 Å². The van der Waals surface area contributed by atoms with Crippen LogP contribution in [0.15, 0.2) is 40.2 Å². The van der Waals surface area contributed by atoms with Gasteiger partial charge in [0.15, 0.2) is 0 Å². The molecule has 1 aliphatic heterocycles. The maximum atomic E-state index is 12.8. The van der Waals surface area contributed by atoms with Gasteiger partial charge in [0, 0.05) is 31.7 Å². The van der Waals surface area contributed by atoms with Crippen molar-refractivity contribution in [2.75, 3.05) is 33.3 Å². The van der Waals surface area contributed by atoms with Crippen molar-refractivity contribution in [2.45, 2.75) is 19.9 Å². The fourth-order valence-electron chi connectivity index (χ4n) is 3.42. The van der Waals surface area contributed by atoms with Crippen LogP contribution in [0, 0.1) is 0 Å². The number of nitrogens with zero attached hydrogens (tertiary/aromatic N) is 4. The van der Waals surface area contributed by atoms with E-state index in [1.54, 1.807) is 7.11 Å². The van der Waals surface area contributed by atoms with Crippen molar-refractivity contribution in [3.8, 4) is 17.1 Å². The molecular weight excluding hydrogens is 388 g/mol. The maximum absolute atomic E-state index is 12.8. The molecule has 0 aliphatic carbocycles. The van der Waals surface area contributed by atoms with Crippen molar-refractivity contribution in [3.05, 3.63) is 52.0 Å². The number of piperazine rings is 1. The van der Waals surface area contributed by atoms with E-state index in [-0.39, 0.29) is 5.91 Å². The lowest BCUT2D eigenvalue weighted by Crippen LogP contribution is -2.48. The van der Waals surface area contributed by atoms with Crippen molar-refractivity contribution in [2.24, 2.45) is 0 Å². The highest BCUT2D eigenvalue weighted by Crippen LogP contribution is 2.22. The summed E-state index contributed by atoms with van der Waals surface area (Å²) in [7, 11) is 1.64. The molecule has 1 aromatic carbocycles. The highest BCUT2D eigenvalue weighted by molar-refractivity contribution is 7.12. The van der Waals surface area contributed by atoms with Gasteiger partial charge in [-0.1, -0.05) is 12.1 Å². The lowest BCUT2D eigenvalue weighted by molar-refractivity contribution is 0.0619. The third-order valence-electron chi connectivity index (χ3n) is 5.16. The Morgan fingerprint density at radius 1 is 1.17 bits per heavy atom. The highest BCUT2D eigenvalue weighted by Gasteiger charge is 2.25. The second-order valence-electron chi connectivity index (χ2n) is 6.94. The Kier molecular flexibility index (Phi) is 5.92.